The smallest absolute Gasteiger partial charge is 0.281 e. The van der Waals surface area contributed by atoms with Gasteiger partial charge in [-0.15, -0.1) is 0 Å². The molecule has 1 rings (SSSR count). The molecular weight excluding hydrogens is 264 g/mol. The van der Waals surface area contributed by atoms with Crippen LogP contribution in [0.15, 0.2) is 0 Å². The third-order valence-electron chi connectivity index (χ3n) is 3.84. The van der Waals surface area contributed by atoms with Crippen LogP contribution in [0.25, 0.3) is 0 Å². The van der Waals surface area contributed by atoms with E-state index in [-0.39, 0.29) is 23.7 Å². The van der Waals surface area contributed by atoms with Gasteiger partial charge >= 0.3 is 0 Å². The molecule has 6 heteroatoms. The Labute approximate surface area is 117 Å². The number of rotatable bonds is 5. The molecule has 1 heterocycles. The molecule has 1 aliphatic heterocycles. The zero-order chi connectivity index (χ0) is 14.8. The Balaban J connectivity index is 2.66. The van der Waals surface area contributed by atoms with Crippen LogP contribution in [0, 0.1) is 11.8 Å². The van der Waals surface area contributed by atoms with Gasteiger partial charge in [0.25, 0.3) is 10.2 Å². The second kappa shape index (κ2) is 6.33. The van der Waals surface area contributed by atoms with E-state index in [1.165, 1.54) is 8.61 Å². The second-order valence-corrected chi connectivity index (χ2v) is 7.84. The summed E-state index contributed by atoms with van der Waals surface area (Å²) in [6, 6.07) is -0.0555. The minimum absolute atomic E-state index is 0.0239. The number of hydrogen-bond acceptors (Lipinski definition) is 3. The van der Waals surface area contributed by atoms with Crippen molar-refractivity contribution in [1.82, 2.24) is 8.61 Å². The maximum absolute atomic E-state index is 12.3. The third-order valence-corrected chi connectivity index (χ3v) is 6.01. The molecule has 0 bridgehead atoms. The van der Waals surface area contributed by atoms with Crippen LogP contribution < -0.4 is 0 Å². The van der Waals surface area contributed by atoms with Crippen molar-refractivity contribution in [3.8, 4) is 0 Å². The molecule has 0 aromatic rings. The summed E-state index contributed by atoms with van der Waals surface area (Å²) in [6.45, 7) is 8.40. The Morgan fingerprint density at radius 2 is 1.63 bits per heavy atom. The largest absolute Gasteiger partial charge is 0.299 e. The fourth-order valence-electron chi connectivity index (χ4n) is 2.29. The summed E-state index contributed by atoms with van der Waals surface area (Å²) in [5.74, 6) is 0.316. The van der Waals surface area contributed by atoms with Gasteiger partial charge in [0.1, 0.15) is 5.78 Å². The summed E-state index contributed by atoms with van der Waals surface area (Å²) < 4.78 is 27.5. The van der Waals surface area contributed by atoms with E-state index in [2.05, 4.69) is 0 Å². The van der Waals surface area contributed by atoms with Gasteiger partial charge in [0.2, 0.25) is 0 Å². The maximum Gasteiger partial charge on any atom is 0.281 e. The molecule has 0 unspecified atom stereocenters. The minimum atomic E-state index is -3.38. The lowest BCUT2D eigenvalue weighted by atomic mass is 9.88. The number of hydrogen-bond donors (Lipinski definition) is 0. The van der Waals surface area contributed by atoms with Crippen LogP contribution in [-0.2, 0) is 15.0 Å². The van der Waals surface area contributed by atoms with Crippen LogP contribution in [0.1, 0.15) is 40.5 Å². The highest BCUT2D eigenvalue weighted by molar-refractivity contribution is 7.86. The van der Waals surface area contributed by atoms with Crippen LogP contribution in [0.2, 0.25) is 0 Å². The van der Waals surface area contributed by atoms with Crippen molar-refractivity contribution in [1.29, 1.82) is 0 Å². The van der Waals surface area contributed by atoms with Crippen LogP contribution in [0.5, 0.6) is 0 Å². The van der Waals surface area contributed by atoms with Gasteiger partial charge in [-0.1, -0.05) is 13.8 Å². The molecule has 19 heavy (non-hydrogen) atoms. The van der Waals surface area contributed by atoms with Crippen LogP contribution >= 0.6 is 0 Å². The van der Waals surface area contributed by atoms with Crippen molar-refractivity contribution < 1.29 is 13.2 Å². The van der Waals surface area contributed by atoms with E-state index in [1.807, 2.05) is 27.7 Å². The van der Waals surface area contributed by atoms with Crippen molar-refractivity contribution in [2.45, 2.75) is 46.6 Å². The quantitative estimate of drug-likeness (QED) is 0.771. The van der Waals surface area contributed by atoms with E-state index in [9.17, 15) is 13.2 Å². The van der Waals surface area contributed by atoms with Gasteiger partial charge in [-0.05, 0) is 26.7 Å². The number of Topliss-reactive ketones (excluding diaryl/α,β-unsaturated/α-hetero) is 1. The van der Waals surface area contributed by atoms with E-state index in [1.54, 1.807) is 7.05 Å². The molecule has 1 aliphatic rings. The normalized spacial score (nSPS) is 19.6. The summed E-state index contributed by atoms with van der Waals surface area (Å²) in [4.78, 5) is 11.9. The highest BCUT2D eigenvalue weighted by Gasteiger charge is 2.34. The molecule has 5 nitrogen and oxygen atoms in total. The Hall–Kier alpha value is -0.460. The molecule has 0 spiro atoms. The molecule has 0 atom stereocenters. The number of ketones is 1. The fraction of sp³-hybridized carbons (Fsp3) is 0.923. The number of carbonyl (C=O) groups excluding carboxylic acids is 1. The summed E-state index contributed by atoms with van der Waals surface area (Å²) in [6.07, 6.45) is 1.28. The third kappa shape index (κ3) is 3.77. The molecule has 0 aromatic heterocycles. The number of piperidine rings is 1. The average Bonchev–Trinajstić information content (AvgIpc) is 2.36. The topological polar surface area (TPSA) is 57.7 Å². The second-order valence-electron chi connectivity index (χ2n) is 5.85. The maximum atomic E-state index is 12.3. The first kappa shape index (κ1) is 16.6. The standard InChI is InChI=1S/C13H26N2O3S/c1-10(2)13(16)12-6-8-15(9-7-12)19(17,18)14(5)11(3)4/h10-12H,6-9H2,1-5H3. The van der Waals surface area contributed by atoms with Crippen LogP contribution in [0.4, 0.5) is 0 Å². The van der Waals surface area contributed by atoms with Crippen LogP contribution in [0.3, 0.4) is 0 Å². The lowest BCUT2D eigenvalue weighted by Crippen LogP contribution is -2.48. The lowest BCUT2D eigenvalue weighted by Gasteiger charge is -2.34. The highest BCUT2D eigenvalue weighted by atomic mass is 32.2. The summed E-state index contributed by atoms with van der Waals surface area (Å²) >= 11 is 0. The average molecular weight is 290 g/mol. The first-order valence-corrected chi connectivity index (χ1v) is 8.34. The highest BCUT2D eigenvalue weighted by Crippen LogP contribution is 2.24. The minimum Gasteiger partial charge on any atom is -0.299 e. The molecule has 0 aliphatic carbocycles. The van der Waals surface area contributed by atoms with Crippen molar-refractivity contribution in [3.63, 3.8) is 0 Å². The van der Waals surface area contributed by atoms with Crippen molar-refractivity contribution in [3.05, 3.63) is 0 Å². The zero-order valence-electron chi connectivity index (χ0n) is 12.6. The van der Waals surface area contributed by atoms with Gasteiger partial charge in [-0.2, -0.15) is 17.0 Å². The molecule has 0 amide bonds. The first-order chi connectivity index (χ1) is 8.67. The van der Waals surface area contributed by atoms with Crippen molar-refractivity contribution in [2.75, 3.05) is 20.1 Å². The number of nitrogens with zero attached hydrogens (tertiary/aromatic N) is 2. The van der Waals surface area contributed by atoms with Gasteiger partial charge in [-0.25, -0.2) is 0 Å². The van der Waals surface area contributed by atoms with E-state index < -0.39 is 10.2 Å². The SMILES string of the molecule is CC(C)C(=O)C1CCN(S(=O)(=O)N(C)C(C)C)CC1. The Bertz CT molecular complexity index is 410. The molecule has 0 radical (unpaired) electrons. The molecule has 0 aromatic carbocycles. The Kier molecular flexibility index (Phi) is 5.53. The molecule has 1 saturated heterocycles. The predicted octanol–water partition coefficient (Wildman–Crippen LogP) is 1.51. The molecule has 0 N–H and O–H groups in total. The summed E-state index contributed by atoms with van der Waals surface area (Å²) in [5, 5.41) is 0. The Morgan fingerprint density at radius 1 is 1.16 bits per heavy atom. The molecule has 0 saturated carbocycles. The van der Waals surface area contributed by atoms with E-state index in [4.69, 9.17) is 0 Å². The predicted molar refractivity (Wildman–Crippen MR) is 76.0 cm³/mol. The molecular formula is C13H26N2O3S. The van der Waals surface area contributed by atoms with Gasteiger partial charge < -0.3 is 0 Å². The first-order valence-electron chi connectivity index (χ1n) is 6.94. The summed E-state index contributed by atoms with van der Waals surface area (Å²) in [7, 11) is -1.77. The van der Waals surface area contributed by atoms with E-state index >= 15 is 0 Å². The van der Waals surface area contributed by atoms with Gasteiger partial charge in [0.05, 0.1) is 0 Å². The molecule has 112 valence electrons. The Morgan fingerprint density at radius 3 is 2.00 bits per heavy atom. The summed E-state index contributed by atoms with van der Waals surface area (Å²) in [5.41, 5.74) is 0. The molecule has 1 fully saturated rings. The van der Waals surface area contributed by atoms with Gasteiger partial charge in [0.15, 0.2) is 0 Å². The van der Waals surface area contributed by atoms with E-state index in [0.29, 0.717) is 25.9 Å². The van der Waals surface area contributed by atoms with Crippen LogP contribution in [-0.4, -0.2) is 49.0 Å². The zero-order valence-corrected chi connectivity index (χ0v) is 13.4. The fourth-order valence-corrected chi connectivity index (χ4v) is 3.86. The van der Waals surface area contributed by atoms with Crippen molar-refractivity contribution >= 4 is 16.0 Å². The van der Waals surface area contributed by atoms with E-state index in [0.717, 1.165) is 0 Å². The van der Waals surface area contributed by atoms with Gasteiger partial charge in [-0.3, -0.25) is 4.79 Å². The lowest BCUT2D eigenvalue weighted by molar-refractivity contribution is -0.126. The van der Waals surface area contributed by atoms with Crippen molar-refractivity contribution in [2.24, 2.45) is 11.8 Å². The monoisotopic (exact) mass is 290 g/mol. The number of carbonyl (C=O) groups is 1. The van der Waals surface area contributed by atoms with Gasteiger partial charge in [0, 0.05) is 38.0 Å².